The minimum absolute atomic E-state index is 0.589. The number of rotatable bonds is 1. The molecule has 1 heterocycles. The Morgan fingerprint density at radius 2 is 1.75 bits per heavy atom. The molecular formula is C9H13N3. The van der Waals surface area contributed by atoms with Crippen molar-refractivity contribution in [3.05, 3.63) is 18.2 Å². The number of nitrogens with two attached hydrogens (primary N) is 1. The first-order chi connectivity index (χ1) is 5.86. The van der Waals surface area contributed by atoms with Crippen molar-refractivity contribution in [1.82, 2.24) is 9.97 Å². The lowest BCUT2D eigenvalue weighted by Crippen LogP contribution is -2.00. The summed E-state index contributed by atoms with van der Waals surface area (Å²) in [4.78, 5) is 8.45. The zero-order valence-corrected chi connectivity index (χ0v) is 7.03. The van der Waals surface area contributed by atoms with Crippen LogP contribution in [0, 0.1) is 0 Å². The summed E-state index contributed by atoms with van der Waals surface area (Å²) in [5, 5.41) is 0. The lowest BCUT2D eigenvalue weighted by molar-refractivity contribution is 0.668. The maximum atomic E-state index is 5.50. The minimum Gasteiger partial charge on any atom is -0.396 e. The van der Waals surface area contributed by atoms with Gasteiger partial charge in [0.25, 0.3) is 0 Å². The highest BCUT2D eigenvalue weighted by atomic mass is 14.9. The van der Waals surface area contributed by atoms with Crippen LogP contribution >= 0.6 is 0 Å². The van der Waals surface area contributed by atoms with Crippen LogP contribution in [-0.2, 0) is 0 Å². The van der Waals surface area contributed by atoms with Gasteiger partial charge in [0.1, 0.15) is 5.82 Å². The van der Waals surface area contributed by atoms with E-state index in [2.05, 4.69) is 9.97 Å². The smallest absolute Gasteiger partial charge is 0.131 e. The second-order valence-corrected chi connectivity index (χ2v) is 3.36. The summed E-state index contributed by atoms with van der Waals surface area (Å²) in [6.45, 7) is 0. The van der Waals surface area contributed by atoms with Gasteiger partial charge in [0.05, 0.1) is 18.1 Å². The molecule has 1 fully saturated rings. The minimum atomic E-state index is 0.589. The first-order valence-electron chi connectivity index (χ1n) is 4.43. The lowest BCUT2D eigenvalue weighted by atomic mass is 10.1. The predicted molar refractivity (Wildman–Crippen MR) is 47.7 cm³/mol. The van der Waals surface area contributed by atoms with Crippen molar-refractivity contribution >= 4 is 5.69 Å². The van der Waals surface area contributed by atoms with Crippen LogP contribution in [0.1, 0.15) is 37.4 Å². The molecule has 64 valence electrons. The molecule has 0 aromatic carbocycles. The van der Waals surface area contributed by atoms with Crippen LogP contribution in [0.3, 0.4) is 0 Å². The largest absolute Gasteiger partial charge is 0.396 e. The van der Waals surface area contributed by atoms with Crippen LogP contribution in [-0.4, -0.2) is 9.97 Å². The normalized spacial score (nSPS) is 18.3. The predicted octanol–water partition coefficient (Wildman–Crippen LogP) is 1.72. The van der Waals surface area contributed by atoms with Crippen LogP contribution in [0.5, 0.6) is 0 Å². The van der Waals surface area contributed by atoms with Crippen molar-refractivity contribution in [1.29, 1.82) is 0 Å². The highest BCUT2D eigenvalue weighted by molar-refractivity contribution is 5.30. The summed E-state index contributed by atoms with van der Waals surface area (Å²) in [7, 11) is 0. The van der Waals surface area contributed by atoms with Gasteiger partial charge < -0.3 is 5.73 Å². The Morgan fingerprint density at radius 1 is 1.17 bits per heavy atom. The fraction of sp³-hybridized carbons (Fsp3) is 0.556. The SMILES string of the molecule is Nc1cnc(C2CCCC2)nc1. The fourth-order valence-electron chi connectivity index (χ4n) is 1.74. The van der Waals surface area contributed by atoms with Gasteiger partial charge in [-0.2, -0.15) is 0 Å². The van der Waals surface area contributed by atoms with Gasteiger partial charge in [-0.25, -0.2) is 9.97 Å². The number of nitrogen functional groups attached to an aromatic ring is 1. The van der Waals surface area contributed by atoms with Crippen LogP contribution < -0.4 is 5.73 Å². The summed E-state index contributed by atoms with van der Waals surface area (Å²) in [5.41, 5.74) is 6.15. The van der Waals surface area contributed by atoms with E-state index in [4.69, 9.17) is 5.73 Å². The number of anilines is 1. The third-order valence-electron chi connectivity index (χ3n) is 2.41. The Bertz CT molecular complexity index is 249. The molecule has 12 heavy (non-hydrogen) atoms. The van der Waals surface area contributed by atoms with Gasteiger partial charge in [-0.1, -0.05) is 12.8 Å². The van der Waals surface area contributed by atoms with Crippen molar-refractivity contribution < 1.29 is 0 Å². The van der Waals surface area contributed by atoms with E-state index >= 15 is 0 Å². The molecule has 0 aliphatic heterocycles. The van der Waals surface area contributed by atoms with E-state index in [-0.39, 0.29) is 0 Å². The molecule has 0 unspecified atom stereocenters. The molecule has 1 aromatic rings. The molecule has 0 amide bonds. The van der Waals surface area contributed by atoms with Gasteiger partial charge in [-0.05, 0) is 12.8 Å². The van der Waals surface area contributed by atoms with E-state index in [9.17, 15) is 0 Å². The number of aromatic nitrogens is 2. The van der Waals surface area contributed by atoms with E-state index in [0.29, 0.717) is 11.6 Å². The molecule has 0 bridgehead atoms. The second-order valence-electron chi connectivity index (χ2n) is 3.36. The summed E-state index contributed by atoms with van der Waals surface area (Å²) in [6.07, 6.45) is 8.51. The molecular weight excluding hydrogens is 150 g/mol. The number of hydrogen-bond acceptors (Lipinski definition) is 3. The molecule has 3 nitrogen and oxygen atoms in total. The molecule has 1 saturated carbocycles. The maximum Gasteiger partial charge on any atom is 0.131 e. The lowest BCUT2D eigenvalue weighted by Gasteiger charge is -2.05. The number of nitrogens with zero attached hydrogens (tertiary/aromatic N) is 2. The van der Waals surface area contributed by atoms with Gasteiger partial charge in [0.2, 0.25) is 0 Å². The Hall–Kier alpha value is -1.12. The van der Waals surface area contributed by atoms with Crippen LogP contribution in [0.4, 0.5) is 5.69 Å². The topological polar surface area (TPSA) is 51.8 Å². The summed E-state index contributed by atoms with van der Waals surface area (Å²) in [6, 6.07) is 0. The van der Waals surface area contributed by atoms with E-state index in [0.717, 1.165) is 5.82 Å². The molecule has 0 radical (unpaired) electrons. The zero-order chi connectivity index (χ0) is 8.39. The molecule has 0 atom stereocenters. The summed E-state index contributed by atoms with van der Waals surface area (Å²) in [5.74, 6) is 1.56. The molecule has 2 rings (SSSR count). The summed E-state index contributed by atoms with van der Waals surface area (Å²) >= 11 is 0. The zero-order valence-electron chi connectivity index (χ0n) is 7.03. The second kappa shape index (κ2) is 3.09. The Morgan fingerprint density at radius 3 is 2.33 bits per heavy atom. The highest BCUT2D eigenvalue weighted by Gasteiger charge is 2.18. The average molecular weight is 163 g/mol. The van der Waals surface area contributed by atoms with Gasteiger partial charge >= 0.3 is 0 Å². The maximum absolute atomic E-state index is 5.50. The van der Waals surface area contributed by atoms with Crippen LogP contribution in [0.15, 0.2) is 12.4 Å². The van der Waals surface area contributed by atoms with Gasteiger partial charge in [-0.15, -0.1) is 0 Å². The average Bonchev–Trinajstić information content (AvgIpc) is 2.58. The third kappa shape index (κ3) is 1.40. The van der Waals surface area contributed by atoms with Crippen LogP contribution in [0.2, 0.25) is 0 Å². The van der Waals surface area contributed by atoms with E-state index in [1.54, 1.807) is 12.4 Å². The van der Waals surface area contributed by atoms with Gasteiger partial charge in [-0.3, -0.25) is 0 Å². The van der Waals surface area contributed by atoms with E-state index < -0.39 is 0 Å². The number of hydrogen-bond donors (Lipinski definition) is 1. The molecule has 1 aliphatic carbocycles. The van der Waals surface area contributed by atoms with Crippen molar-refractivity contribution in [2.45, 2.75) is 31.6 Å². The van der Waals surface area contributed by atoms with Gasteiger partial charge in [0.15, 0.2) is 0 Å². The van der Waals surface area contributed by atoms with Crippen molar-refractivity contribution in [2.75, 3.05) is 5.73 Å². The van der Waals surface area contributed by atoms with Crippen molar-refractivity contribution in [2.24, 2.45) is 0 Å². The van der Waals surface area contributed by atoms with Crippen molar-refractivity contribution in [3.8, 4) is 0 Å². The monoisotopic (exact) mass is 163 g/mol. The first kappa shape index (κ1) is 7.53. The Balaban J connectivity index is 2.17. The molecule has 3 heteroatoms. The summed E-state index contributed by atoms with van der Waals surface area (Å²) < 4.78 is 0. The molecule has 0 spiro atoms. The quantitative estimate of drug-likeness (QED) is 0.685. The first-order valence-corrected chi connectivity index (χ1v) is 4.43. The molecule has 1 aromatic heterocycles. The fourth-order valence-corrected chi connectivity index (χ4v) is 1.74. The highest BCUT2D eigenvalue weighted by Crippen LogP contribution is 2.31. The standard InChI is InChI=1S/C9H13N3/c10-8-5-11-9(12-6-8)7-3-1-2-4-7/h5-7H,1-4,10H2. The van der Waals surface area contributed by atoms with Crippen molar-refractivity contribution in [3.63, 3.8) is 0 Å². The van der Waals surface area contributed by atoms with E-state index in [1.807, 2.05) is 0 Å². The molecule has 0 saturated heterocycles. The molecule has 1 aliphatic rings. The Labute approximate surface area is 72.0 Å². The van der Waals surface area contributed by atoms with Crippen LogP contribution in [0.25, 0.3) is 0 Å². The molecule has 2 N–H and O–H groups in total. The van der Waals surface area contributed by atoms with Gasteiger partial charge in [0, 0.05) is 5.92 Å². The third-order valence-corrected chi connectivity index (χ3v) is 2.41. The Kier molecular flexibility index (Phi) is 1.94. The van der Waals surface area contributed by atoms with E-state index in [1.165, 1.54) is 25.7 Å².